The molecular weight excluding hydrogens is 476 g/mol. The molecule has 1 aromatic rings. The van der Waals surface area contributed by atoms with Crippen LogP contribution in [-0.4, -0.2) is 66.2 Å². The summed E-state index contributed by atoms with van der Waals surface area (Å²) in [4.78, 5) is 52.9. The molecule has 4 atom stereocenters. The smallest absolute Gasteiger partial charge is 0.310 e. The summed E-state index contributed by atoms with van der Waals surface area (Å²) < 4.78 is 10.5. The van der Waals surface area contributed by atoms with Crippen LogP contribution in [0.25, 0.3) is 0 Å². The fraction of sp³-hybridized carbons (Fsp3) is 0.583. The zero-order valence-electron chi connectivity index (χ0n) is 20.4. The van der Waals surface area contributed by atoms with Crippen molar-refractivity contribution < 1.29 is 28.7 Å². The number of carbonyl (C=O) groups excluding carboxylic acids is 4. The number of rotatable bonds is 7. The van der Waals surface area contributed by atoms with Crippen LogP contribution in [0.3, 0.4) is 0 Å². The molecule has 4 N–H and O–H groups in total. The van der Waals surface area contributed by atoms with Gasteiger partial charge < -0.3 is 30.7 Å². The number of hydrogen-bond donors (Lipinski definition) is 3. The second-order valence-electron chi connectivity index (χ2n) is 9.83. The number of hydrogen-bond acceptors (Lipinski definition) is 7. The molecule has 2 aliphatic heterocycles. The number of nitrogen functional groups attached to an aromatic ring is 1. The average Bonchev–Trinajstić information content (AvgIpc) is 3.39. The second kappa shape index (κ2) is 10.8. The number of anilines is 1. The third-order valence-corrected chi connectivity index (χ3v) is 6.44. The summed E-state index contributed by atoms with van der Waals surface area (Å²) in [6.45, 7) is 7.98. The molecule has 2 aliphatic rings. The minimum atomic E-state index is -0.896. The van der Waals surface area contributed by atoms with E-state index in [1.165, 1.54) is 23.1 Å². The number of nitrogens with zero attached hydrogens (tertiary/aromatic N) is 1. The molecule has 0 aliphatic carbocycles. The standard InChI is InChI=1S/C24H33ClN4O6/c1-5-34-23-16(12-18(30)35-23)27-21(32)17-7-6-10-29(17)22(33)19(24(2,3)4)28-20(31)13-8-9-15(26)14(25)11-13/h8-9,11,16-17,19,23H,5-7,10,12,26H2,1-4H3,(H,27,32)(H,28,31)/t16-,17-,19+,23?/m0/s1. The van der Waals surface area contributed by atoms with E-state index in [2.05, 4.69) is 10.6 Å². The van der Waals surface area contributed by atoms with Crippen molar-refractivity contribution in [3.05, 3.63) is 28.8 Å². The molecule has 2 saturated heterocycles. The number of benzene rings is 1. The highest BCUT2D eigenvalue weighted by Gasteiger charge is 2.44. The number of cyclic esters (lactones) is 1. The van der Waals surface area contributed by atoms with Gasteiger partial charge in [0.2, 0.25) is 18.1 Å². The number of nitrogens with two attached hydrogens (primary N) is 1. The molecule has 11 heteroatoms. The largest absolute Gasteiger partial charge is 0.433 e. The third kappa shape index (κ3) is 6.24. The molecule has 0 bridgehead atoms. The molecule has 2 fully saturated rings. The Bertz CT molecular complexity index is 995. The molecule has 0 spiro atoms. The van der Waals surface area contributed by atoms with Gasteiger partial charge in [0.15, 0.2) is 0 Å². The minimum Gasteiger partial charge on any atom is -0.433 e. The maximum absolute atomic E-state index is 13.6. The van der Waals surface area contributed by atoms with Gasteiger partial charge in [0.1, 0.15) is 18.1 Å². The van der Waals surface area contributed by atoms with E-state index in [4.69, 9.17) is 26.8 Å². The third-order valence-electron chi connectivity index (χ3n) is 6.11. The van der Waals surface area contributed by atoms with Gasteiger partial charge in [-0.3, -0.25) is 19.2 Å². The first kappa shape index (κ1) is 26.7. The van der Waals surface area contributed by atoms with Crippen molar-refractivity contribution in [2.24, 2.45) is 5.41 Å². The summed E-state index contributed by atoms with van der Waals surface area (Å²) in [5, 5.41) is 5.86. The molecule has 0 radical (unpaired) electrons. The fourth-order valence-electron chi connectivity index (χ4n) is 4.25. The van der Waals surface area contributed by atoms with E-state index in [9.17, 15) is 19.2 Å². The molecule has 35 heavy (non-hydrogen) atoms. The van der Waals surface area contributed by atoms with Gasteiger partial charge in [-0.2, -0.15) is 0 Å². The Morgan fingerprint density at radius 2 is 2.03 bits per heavy atom. The van der Waals surface area contributed by atoms with Gasteiger partial charge in [0, 0.05) is 18.7 Å². The van der Waals surface area contributed by atoms with Crippen molar-refractivity contribution in [1.29, 1.82) is 0 Å². The van der Waals surface area contributed by atoms with E-state index in [1.54, 1.807) is 6.92 Å². The minimum absolute atomic E-state index is 0.00188. The lowest BCUT2D eigenvalue weighted by Gasteiger charge is -2.35. The lowest BCUT2D eigenvalue weighted by molar-refractivity contribution is -0.164. The van der Waals surface area contributed by atoms with Crippen molar-refractivity contribution in [3.8, 4) is 0 Å². The van der Waals surface area contributed by atoms with E-state index in [1.807, 2.05) is 20.8 Å². The Morgan fingerprint density at radius 1 is 1.31 bits per heavy atom. The van der Waals surface area contributed by atoms with E-state index in [-0.39, 0.29) is 28.8 Å². The number of halogens is 1. The molecule has 192 valence electrons. The molecule has 1 unspecified atom stereocenters. The first-order valence-corrected chi connectivity index (χ1v) is 12.1. The zero-order chi connectivity index (χ0) is 25.9. The van der Waals surface area contributed by atoms with Crippen LogP contribution in [0.5, 0.6) is 0 Å². The van der Waals surface area contributed by atoms with Gasteiger partial charge in [0.25, 0.3) is 5.91 Å². The first-order valence-electron chi connectivity index (χ1n) is 11.7. The van der Waals surface area contributed by atoms with Crippen LogP contribution < -0.4 is 16.4 Å². The molecule has 0 saturated carbocycles. The van der Waals surface area contributed by atoms with Crippen molar-refractivity contribution in [1.82, 2.24) is 15.5 Å². The Morgan fingerprint density at radius 3 is 2.66 bits per heavy atom. The maximum atomic E-state index is 13.6. The van der Waals surface area contributed by atoms with E-state index < -0.39 is 41.7 Å². The van der Waals surface area contributed by atoms with Crippen molar-refractivity contribution in [2.75, 3.05) is 18.9 Å². The summed E-state index contributed by atoms with van der Waals surface area (Å²) in [6.07, 6.45) is 0.255. The number of esters is 1. The van der Waals surface area contributed by atoms with Gasteiger partial charge in [-0.25, -0.2) is 0 Å². The SMILES string of the molecule is CCOC1OC(=O)C[C@@H]1NC(=O)[C@@H]1CCCN1C(=O)[C@@H](NC(=O)c1ccc(N)c(Cl)c1)C(C)(C)C. The summed E-state index contributed by atoms with van der Waals surface area (Å²) in [5.74, 6) is -1.66. The van der Waals surface area contributed by atoms with Crippen LogP contribution >= 0.6 is 11.6 Å². The molecule has 10 nitrogen and oxygen atoms in total. The molecule has 2 heterocycles. The van der Waals surface area contributed by atoms with E-state index in [0.29, 0.717) is 31.7 Å². The Balaban J connectivity index is 1.74. The summed E-state index contributed by atoms with van der Waals surface area (Å²) in [6, 6.07) is 2.26. The van der Waals surface area contributed by atoms with Crippen molar-refractivity contribution in [2.45, 2.75) is 71.4 Å². The molecule has 3 rings (SSSR count). The normalized spacial score (nSPS) is 23.1. The molecular formula is C24H33ClN4O6. The van der Waals surface area contributed by atoms with Crippen molar-refractivity contribution in [3.63, 3.8) is 0 Å². The van der Waals surface area contributed by atoms with Gasteiger partial charge in [-0.15, -0.1) is 0 Å². The fourth-order valence-corrected chi connectivity index (χ4v) is 4.43. The highest BCUT2D eigenvalue weighted by atomic mass is 35.5. The molecule has 0 aromatic heterocycles. The van der Waals surface area contributed by atoms with E-state index >= 15 is 0 Å². The topological polar surface area (TPSA) is 140 Å². The molecule has 1 aromatic carbocycles. The number of amides is 3. The van der Waals surface area contributed by atoms with Crippen LogP contribution in [0, 0.1) is 5.41 Å². The highest BCUT2D eigenvalue weighted by molar-refractivity contribution is 6.33. The molecule has 3 amide bonds. The lowest BCUT2D eigenvalue weighted by Crippen LogP contribution is -2.58. The summed E-state index contributed by atoms with van der Waals surface area (Å²) >= 11 is 6.05. The Hall–Kier alpha value is -2.85. The Kier molecular flexibility index (Phi) is 8.27. The number of nitrogens with one attached hydrogen (secondary N) is 2. The van der Waals surface area contributed by atoms with Crippen LogP contribution in [0.2, 0.25) is 5.02 Å². The lowest BCUT2D eigenvalue weighted by atomic mass is 9.85. The van der Waals surface area contributed by atoms with Crippen molar-refractivity contribution >= 4 is 41.0 Å². The quantitative estimate of drug-likeness (QED) is 0.377. The predicted molar refractivity (Wildman–Crippen MR) is 129 cm³/mol. The van der Waals surface area contributed by atoms with E-state index in [0.717, 1.165) is 0 Å². The number of likely N-dealkylation sites (tertiary alicyclic amines) is 1. The van der Waals surface area contributed by atoms with Gasteiger partial charge in [-0.05, 0) is 43.4 Å². The van der Waals surface area contributed by atoms with Crippen LogP contribution in [0.15, 0.2) is 18.2 Å². The summed E-state index contributed by atoms with van der Waals surface area (Å²) in [5.41, 5.74) is 5.71. The number of carbonyl (C=O) groups is 4. The van der Waals surface area contributed by atoms with Crippen LogP contribution in [0.4, 0.5) is 5.69 Å². The second-order valence-corrected chi connectivity index (χ2v) is 10.2. The van der Waals surface area contributed by atoms with Crippen LogP contribution in [0.1, 0.15) is 57.3 Å². The predicted octanol–water partition coefficient (Wildman–Crippen LogP) is 1.85. The van der Waals surface area contributed by atoms with Gasteiger partial charge in [-0.1, -0.05) is 32.4 Å². The number of ether oxygens (including phenoxy) is 2. The highest BCUT2D eigenvalue weighted by Crippen LogP contribution is 2.27. The van der Waals surface area contributed by atoms with Gasteiger partial charge >= 0.3 is 5.97 Å². The van der Waals surface area contributed by atoms with Crippen LogP contribution in [-0.2, 0) is 23.9 Å². The zero-order valence-corrected chi connectivity index (χ0v) is 21.2. The summed E-state index contributed by atoms with van der Waals surface area (Å²) in [7, 11) is 0. The average molecular weight is 509 g/mol. The monoisotopic (exact) mass is 508 g/mol. The Labute approximate surface area is 209 Å². The maximum Gasteiger partial charge on any atom is 0.310 e. The first-order chi connectivity index (χ1) is 16.4. The van der Waals surface area contributed by atoms with Gasteiger partial charge in [0.05, 0.1) is 17.1 Å².